The Hall–Kier alpha value is -1.00. The molecule has 1 aromatic carbocycles. The van der Waals surface area contributed by atoms with Gasteiger partial charge in [-0.3, -0.25) is 4.99 Å². The number of fused-ring (bicyclic) bond motifs is 1. The van der Waals surface area contributed by atoms with Crippen LogP contribution in [0, 0.1) is 5.92 Å². The summed E-state index contributed by atoms with van der Waals surface area (Å²) in [7, 11) is 0. The molecule has 0 bridgehead atoms. The molecule has 2 heterocycles. The molecule has 2 aliphatic heterocycles. The molecular weight excluding hydrogens is 232 g/mol. The van der Waals surface area contributed by atoms with Gasteiger partial charge in [0, 0.05) is 18.0 Å². The van der Waals surface area contributed by atoms with E-state index in [0.717, 1.165) is 36.4 Å². The summed E-state index contributed by atoms with van der Waals surface area (Å²) in [4.78, 5) is 4.54. The lowest BCUT2D eigenvalue weighted by Gasteiger charge is -2.18. The molecule has 1 atom stereocenters. The average Bonchev–Trinajstić information content (AvgIpc) is 2.79. The fraction of sp³-hybridized carbons (Fsp3) is 0.462. The zero-order chi connectivity index (χ0) is 11.7. The molecule has 0 fully saturated rings. The smallest absolute Gasteiger partial charge is 0.161 e. The Morgan fingerprint density at radius 1 is 1.35 bits per heavy atom. The van der Waals surface area contributed by atoms with Crippen molar-refractivity contribution in [3.8, 4) is 0 Å². The molecule has 1 N–H and O–H groups in total. The lowest BCUT2D eigenvalue weighted by molar-refractivity contribution is 0.134. The second kappa shape index (κ2) is 4.70. The number of nitrogens with one attached hydrogen (secondary N) is 1. The highest BCUT2D eigenvalue weighted by Gasteiger charge is 2.14. The van der Waals surface area contributed by atoms with E-state index < -0.39 is 0 Å². The van der Waals surface area contributed by atoms with E-state index in [1.54, 1.807) is 0 Å². The van der Waals surface area contributed by atoms with Crippen LogP contribution in [0.3, 0.4) is 0 Å². The van der Waals surface area contributed by atoms with Crippen LogP contribution in [0.4, 0.5) is 5.69 Å². The first kappa shape index (κ1) is 11.1. The van der Waals surface area contributed by atoms with Gasteiger partial charge in [0.05, 0.1) is 13.2 Å². The van der Waals surface area contributed by atoms with Crippen LogP contribution in [-0.2, 0) is 18.0 Å². The maximum atomic E-state index is 5.41. The SMILES string of the molecule is CC1CN=C(Nc2ccc3c(c2)COC3)SC1. The number of thioether (sulfide) groups is 1. The first-order chi connectivity index (χ1) is 8.31. The van der Waals surface area contributed by atoms with Gasteiger partial charge in [-0.1, -0.05) is 24.8 Å². The van der Waals surface area contributed by atoms with Gasteiger partial charge in [-0.2, -0.15) is 0 Å². The normalized spacial score (nSPS) is 23.1. The number of nitrogens with zero attached hydrogens (tertiary/aromatic N) is 1. The lowest BCUT2D eigenvalue weighted by atomic mass is 10.1. The molecular formula is C13H16N2OS. The summed E-state index contributed by atoms with van der Waals surface area (Å²) < 4.78 is 5.41. The van der Waals surface area contributed by atoms with Crippen LogP contribution in [0.15, 0.2) is 23.2 Å². The first-order valence-corrected chi connectivity index (χ1v) is 6.93. The predicted molar refractivity (Wildman–Crippen MR) is 72.5 cm³/mol. The number of ether oxygens (including phenoxy) is 1. The third-order valence-corrected chi connectivity index (χ3v) is 4.26. The van der Waals surface area contributed by atoms with E-state index in [1.165, 1.54) is 11.1 Å². The van der Waals surface area contributed by atoms with Crippen molar-refractivity contribution in [3.63, 3.8) is 0 Å². The van der Waals surface area contributed by atoms with E-state index >= 15 is 0 Å². The van der Waals surface area contributed by atoms with Crippen molar-refractivity contribution in [1.29, 1.82) is 0 Å². The summed E-state index contributed by atoms with van der Waals surface area (Å²) in [5.41, 5.74) is 3.72. The summed E-state index contributed by atoms with van der Waals surface area (Å²) in [6.07, 6.45) is 0. The molecule has 0 radical (unpaired) electrons. The van der Waals surface area contributed by atoms with Crippen LogP contribution in [0.5, 0.6) is 0 Å². The van der Waals surface area contributed by atoms with E-state index in [1.807, 2.05) is 11.8 Å². The molecule has 0 saturated carbocycles. The van der Waals surface area contributed by atoms with E-state index in [-0.39, 0.29) is 0 Å². The van der Waals surface area contributed by atoms with E-state index in [2.05, 4.69) is 35.4 Å². The molecule has 0 saturated heterocycles. The Bertz CT molecular complexity index is 459. The van der Waals surface area contributed by atoms with Crippen molar-refractivity contribution in [2.24, 2.45) is 10.9 Å². The first-order valence-electron chi connectivity index (χ1n) is 5.95. The molecule has 0 aliphatic carbocycles. The fourth-order valence-corrected chi connectivity index (χ4v) is 2.91. The van der Waals surface area contributed by atoms with Crippen LogP contribution in [0.1, 0.15) is 18.1 Å². The van der Waals surface area contributed by atoms with Gasteiger partial charge in [-0.15, -0.1) is 0 Å². The summed E-state index contributed by atoms with van der Waals surface area (Å²) in [6, 6.07) is 6.42. The maximum absolute atomic E-state index is 5.41. The average molecular weight is 248 g/mol. The molecule has 2 aliphatic rings. The van der Waals surface area contributed by atoms with Crippen molar-refractivity contribution in [2.75, 3.05) is 17.6 Å². The van der Waals surface area contributed by atoms with Gasteiger partial charge in [0.25, 0.3) is 0 Å². The zero-order valence-corrected chi connectivity index (χ0v) is 10.7. The molecule has 1 aromatic rings. The Morgan fingerprint density at radius 2 is 2.24 bits per heavy atom. The van der Waals surface area contributed by atoms with Gasteiger partial charge in [-0.25, -0.2) is 0 Å². The minimum atomic E-state index is 0.693. The van der Waals surface area contributed by atoms with Crippen molar-refractivity contribution in [1.82, 2.24) is 0 Å². The quantitative estimate of drug-likeness (QED) is 0.829. The van der Waals surface area contributed by atoms with Crippen molar-refractivity contribution in [3.05, 3.63) is 29.3 Å². The van der Waals surface area contributed by atoms with E-state index in [0.29, 0.717) is 5.92 Å². The summed E-state index contributed by atoms with van der Waals surface area (Å²) in [5.74, 6) is 1.85. The van der Waals surface area contributed by atoms with Crippen LogP contribution < -0.4 is 5.32 Å². The van der Waals surface area contributed by atoms with E-state index in [4.69, 9.17) is 4.74 Å². The molecule has 0 amide bonds. The molecule has 1 unspecified atom stereocenters. The number of amidine groups is 1. The van der Waals surface area contributed by atoms with Gasteiger partial charge in [0.15, 0.2) is 5.17 Å². The lowest BCUT2D eigenvalue weighted by Crippen LogP contribution is -2.18. The topological polar surface area (TPSA) is 33.6 Å². The summed E-state index contributed by atoms with van der Waals surface area (Å²) in [6.45, 7) is 4.66. The predicted octanol–water partition coefficient (Wildman–Crippen LogP) is 2.87. The van der Waals surface area contributed by atoms with Gasteiger partial charge in [0.1, 0.15) is 0 Å². The standard InChI is InChI=1S/C13H16N2OS/c1-9-5-14-13(17-8-9)15-12-3-2-10-6-16-7-11(10)4-12/h2-4,9H,5-8H2,1H3,(H,14,15). The summed E-state index contributed by atoms with van der Waals surface area (Å²) in [5, 5.41) is 4.43. The number of aliphatic imine (C=N–C) groups is 1. The van der Waals surface area contributed by atoms with Crippen molar-refractivity contribution >= 4 is 22.6 Å². The van der Waals surface area contributed by atoms with Gasteiger partial charge < -0.3 is 10.1 Å². The van der Waals surface area contributed by atoms with Crippen LogP contribution in [0.2, 0.25) is 0 Å². The summed E-state index contributed by atoms with van der Waals surface area (Å²) >= 11 is 1.81. The molecule has 3 rings (SSSR count). The largest absolute Gasteiger partial charge is 0.372 e. The Labute approximate surface area is 106 Å². The number of benzene rings is 1. The Balaban J connectivity index is 1.73. The van der Waals surface area contributed by atoms with Crippen molar-refractivity contribution < 1.29 is 4.74 Å². The van der Waals surface area contributed by atoms with Crippen LogP contribution in [-0.4, -0.2) is 17.5 Å². The molecule has 0 spiro atoms. The second-order valence-corrected chi connectivity index (χ2v) is 5.67. The highest BCUT2D eigenvalue weighted by molar-refractivity contribution is 8.14. The number of hydrogen-bond donors (Lipinski definition) is 1. The monoisotopic (exact) mass is 248 g/mol. The minimum Gasteiger partial charge on any atom is -0.372 e. The molecule has 90 valence electrons. The van der Waals surface area contributed by atoms with E-state index in [9.17, 15) is 0 Å². The number of rotatable bonds is 1. The highest BCUT2D eigenvalue weighted by atomic mass is 32.2. The Kier molecular flexibility index (Phi) is 3.07. The van der Waals surface area contributed by atoms with Crippen molar-refractivity contribution in [2.45, 2.75) is 20.1 Å². The third-order valence-electron chi connectivity index (χ3n) is 3.02. The van der Waals surface area contributed by atoms with Crippen LogP contribution >= 0.6 is 11.8 Å². The Morgan fingerprint density at radius 3 is 3.06 bits per heavy atom. The van der Waals surface area contributed by atoms with Gasteiger partial charge in [0.2, 0.25) is 0 Å². The zero-order valence-electron chi connectivity index (χ0n) is 9.90. The molecule has 4 heteroatoms. The molecule has 0 aromatic heterocycles. The highest BCUT2D eigenvalue weighted by Crippen LogP contribution is 2.25. The van der Waals surface area contributed by atoms with Gasteiger partial charge >= 0.3 is 0 Å². The maximum Gasteiger partial charge on any atom is 0.161 e. The third kappa shape index (κ3) is 2.48. The number of anilines is 1. The fourth-order valence-electron chi connectivity index (χ4n) is 2.01. The van der Waals surface area contributed by atoms with Gasteiger partial charge in [-0.05, 0) is 29.2 Å². The number of hydrogen-bond acceptors (Lipinski definition) is 4. The second-order valence-electron chi connectivity index (χ2n) is 4.66. The molecule has 17 heavy (non-hydrogen) atoms. The molecule has 3 nitrogen and oxygen atoms in total. The minimum absolute atomic E-state index is 0.693. The van der Waals surface area contributed by atoms with Crippen LogP contribution in [0.25, 0.3) is 0 Å².